The third-order valence-corrected chi connectivity index (χ3v) is 3.23. The summed E-state index contributed by atoms with van der Waals surface area (Å²) in [6, 6.07) is 10.1. The average molecular weight is 243 g/mol. The first kappa shape index (κ1) is 12.6. The van der Waals surface area contributed by atoms with Crippen molar-refractivity contribution in [2.45, 2.75) is 25.9 Å². The molecule has 0 aliphatic carbocycles. The van der Waals surface area contributed by atoms with Crippen molar-refractivity contribution in [2.75, 3.05) is 13.1 Å². The molecule has 1 aromatic rings. The molecule has 0 saturated carbocycles. The number of rotatable bonds is 3. The molecule has 94 valence electrons. The van der Waals surface area contributed by atoms with Crippen LogP contribution in [0.5, 0.6) is 0 Å². The van der Waals surface area contributed by atoms with Gasteiger partial charge >= 0.3 is 0 Å². The molecule has 1 unspecified atom stereocenters. The lowest BCUT2D eigenvalue weighted by atomic mass is 10.1. The van der Waals surface area contributed by atoms with E-state index in [1.54, 1.807) is 0 Å². The van der Waals surface area contributed by atoms with Gasteiger partial charge in [0.2, 0.25) is 5.91 Å². The predicted molar refractivity (Wildman–Crippen MR) is 68.6 cm³/mol. The number of amides is 1. The third kappa shape index (κ3) is 2.88. The van der Waals surface area contributed by atoms with Gasteiger partial charge in [0, 0.05) is 19.6 Å². The van der Waals surface area contributed by atoms with Gasteiger partial charge in [-0.05, 0) is 12.5 Å². The van der Waals surface area contributed by atoms with Crippen LogP contribution in [0.3, 0.4) is 0 Å². The van der Waals surface area contributed by atoms with Gasteiger partial charge < -0.3 is 5.32 Å². The Bertz CT molecular complexity index is 461. The first-order chi connectivity index (χ1) is 8.70. The molecular formula is C14H17N3O. The van der Waals surface area contributed by atoms with Crippen molar-refractivity contribution in [3.63, 3.8) is 0 Å². The minimum Gasteiger partial charge on any atom is -0.353 e. The van der Waals surface area contributed by atoms with Crippen LogP contribution in [-0.2, 0) is 11.3 Å². The molecule has 0 bridgehead atoms. The number of hydrogen-bond donors (Lipinski definition) is 1. The molecule has 1 fully saturated rings. The second-order valence-corrected chi connectivity index (χ2v) is 4.63. The van der Waals surface area contributed by atoms with Crippen LogP contribution in [0.25, 0.3) is 0 Å². The zero-order chi connectivity index (χ0) is 13.0. The van der Waals surface area contributed by atoms with Gasteiger partial charge in [0.15, 0.2) is 0 Å². The number of nitrogens with zero attached hydrogens (tertiary/aromatic N) is 2. The topological polar surface area (TPSA) is 56.1 Å². The van der Waals surface area contributed by atoms with E-state index in [-0.39, 0.29) is 18.4 Å². The van der Waals surface area contributed by atoms with Crippen molar-refractivity contribution in [1.29, 1.82) is 5.26 Å². The van der Waals surface area contributed by atoms with Crippen molar-refractivity contribution in [1.82, 2.24) is 10.2 Å². The molecule has 0 radical (unpaired) electrons. The maximum absolute atomic E-state index is 11.7. The monoisotopic (exact) mass is 243 g/mol. The second kappa shape index (κ2) is 5.65. The first-order valence-electron chi connectivity index (χ1n) is 6.15. The summed E-state index contributed by atoms with van der Waals surface area (Å²) < 4.78 is 0. The van der Waals surface area contributed by atoms with Crippen molar-refractivity contribution in [3.8, 4) is 6.07 Å². The van der Waals surface area contributed by atoms with E-state index in [1.165, 1.54) is 11.1 Å². The first-order valence-corrected chi connectivity index (χ1v) is 6.15. The van der Waals surface area contributed by atoms with Gasteiger partial charge in [0.25, 0.3) is 0 Å². The standard InChI is InChI=1S/C14H17N3O/c1-11-2-4-12(5-3-11)10-17-9-8-16-14(18)13(17)6-7-15/h2-5,13H,6,8-10H2,1H3,(H,16,18). The lowest BCUT2D eigenvalue weighted by Crippen LogP contribution is -2.54. The Labute approximate surface area is 107 Å². The van der Waals surface area contributed by atoms with Crippen molar-refractivity contribution >= 4 is 5.91 Å². The fraction of sp³-hybridized carbons (Fsp3) is 0.429. The molecule has 1 N–H and O–H groups in total. The van der Waals surface area contributed by atoms with E-state index < -0.39 is 0 Å². The highest BCUT2D eigenvalue weighted by atomic mass is 16.2. The van der Waals surface area contributed by atoms with E-state index >= 15 is 0 Å². The molecule has 1 saturated heterocycles. The van der Waals surface area contributed by atoms with Crippen LogP contribution in [-0.4, -0.2) is 29.9 Å². The number of hydrogen-bond acceptors (Lipinski definition) is 3. The Kier molecular flexibility index (Phi) is 3.96. The summed E-state index contributed by atoms with van der Waals surface area (Å²) in [4.78, 5) is 13.8. The molecule has 1 heterocycles. The van der Waals surface area contributed by atoms with Gasteiger partial charge in [-0.1, -0.05) is 29.8 Å². The van der Waals surface area contributed by atoms with Crippen LogP contribution in [0, 0.1) is 18.3 Å². The molecule has 0 spiro atoms. The van der Waals surface area contributed by atoms with Crippen LogP contribution in [0.15, 0.2) is 24.3 Å². The van der Waals surface area contributed by atoms with Crippen LogP contribution >= 0.6 is 0 Å². The fourth-order valence-electron chi connectivity index (χ4n) is 2.19. The minimum atomic E-state index is -0.315. The Hall–Kier alpha value is -1.86. The fourth-order valence-corrected chi connectivity index (χ4v) is 2.19. The molecule has 1 aromatic carbocycles. The van der Waals surface area contributed by atoms with E-state index in [9.17, 15) is 4.79 Å². The van der Waals surface area contributed by atoms with E-state index in [0.717, 1.165) is 13.1 Å². The maximum atomic E-state index is 11.7. The number of aryl methyl sites for hydroxylation is 1. The zero-order valence-corrected chi connectivity index (χ0v) is 10.5. The summed E-state index contributed by atoms with van der Waals surface area (Å²) >= 11 is 0. The second-order valence-electron chi connectivity index (χ2n) is 4.63. The third-order valence-electron chi connectivity index (χ3n) is 3.23. The summed E-state index contributed by atoms with van der Waals surface area (Å²) in [5.74, 6) is -0.0325. The molecule has 0 aromatic heterocycles. The number of nitriles is 1. The molecule has 1 aliphatic heterocycles. The lowest BCUT2D eigenvalue weighted by Gasteiger charge is -2.33. The van der Waals surface area contributed by atoms with Gasteiger partial charge in [-0.3, -0.25) is 9.69 Å². The normalized spacial score (nSPS) is 20.2. The number of piperazine rings is 1. The summed E-state index contributed by atoms with van der Waals surface area (Å²) in [6.45, 7) is 4.23. The Morgan fingerprint density at radius 1 is 1.44 bits per heavy atom. The maximum Gasteiger partial charge on any atom is 0.238 e. The van der Waals surface area contributed by atoms with E-state index in [0.29, 0.717) is 6.54 Å². The average Bonchev–Trinajstić information content (AvgIpc) is 2.36. The highest BCUT2D eigenvalue weighted by molar-refractivity contribution is 5.82. The number of nitrogens with one attached hydrogen (secondary N) is 1. The summed E-state index contributed by atoms with van der Waals surface area (Å²) in [7, 11) is 0. The predicted octanol–water partition coefficient (Wildman–Crippen LogP) is 1.21. The number of carbonyl (C=O) groups excluding carboxylic acids is 1. The zero-order valence-electron chi connectivity index (χ0n) is 10.5. The summed E-state index contributed by atoms with van der Waals surface area (Å²) in [5.41, 5.74) is 2.40. The van der Waals surface area contributed by atoms with Gasteiger partial charge in [0.1, 0.15) is 6.04 Å². The van der Waals surface area contributed by atoms with Crippen LogP contribution < -0.4 is 5.32 Å². The summed E-state index contributed by atoms with van der Waals surface area (Å²) in [6.07, 6.45) is 0.248. The molecule has 1 aliphatic rings. The van der Waals surface area contributed by atoms with E-state index in [4.69, 9.17) is 5.26 Å². The molecule has 1 amide bonds. The Morgan fingerprint density at radius 2 is 2.17 bits per heavy atom. The highest BCUT2D eigenvalue weighted by Gasteiger charge is 2.29. The van der Waals surface area contributed by atoms with Crippen LogP contribution in [0.4, 0.5) is 0 Å². The van der Waals surface area contributed by atoms with Gasteiger partial charge in [-0.15, -0.1) is 0 Å². The summed E-state index contributed by atoms with van der Waals surface area (Å²) in [5, 5.41) is 11.6. The molecule has 1 atom stereocenters. The van der Waals surface area contributed by atoms with Crippen LogP contribution in [0.2, 0.25) is 0 Å². The van der Waals surface area contributed by atoms with Crippen LogP contribution in [0.1, 0.15) is 17.5 Å². The van der Waals surface area contributed by atoms with Gasteiger partial charge in [0.05, 0.1) is 12.5 Å². The molecule has 4 heteroatoms. The molecule has 4 nitrogen and oxygen atoms in total. The van der Waals surface area contributed by atoms with E-state index in [2.05, 4.69) is 47.5 Å². The quantitative estimate of drug-likeness (QED) is 0.868. The largest absolute Gasteiger partial charge is 0.353 e. The number of benzene rings is 1. The van der Waals surface area contributed by atoms with Crippen molar-refractivity contribution in [2.24, 2.45) is 0 Å². The number of carbonyl (C=O) groups is 1. The molecule has 18 heavy (non-hydrogen) atoms. The molecular weight excluding hydrogens is 226 g/mol. The van der Waals surface area contributed by atoms with E-state index in [1.807, 2.05) is 0 Å². The van der Waals surface area contributed by atoms with Gasteiger partial charge in [-0.25, -0.2) is 0 Å². The lowest BCUT2D eigenvalue weighted by molar-refractivity contribution is -0.129. The Balaban J connectivity index is 2.08. The SMILES string of the molecule is Cc1ccc(CN2CCNC(=O)C2CC#N)cc1. The van der Waals surface area contributed by atoms with Crippen molar-refractivity contribution < 1.29 is 4.79 Å². The smallest absolute Gasteiger partial charge is 0.238 e. The highest BCUT2D eigenvalue weighted by Crippen LogP contribution is 2.14. The van der Waals surface area contributed by atoms with Crippen molar-refractivity contribution in [3.05, 3.63) is 35.4 Å². The van der Waals surface area contributed by atoms with Gasteiger partial charge in [-0.2, -0.15) is 5.26 Å². The Morgan fingerprint density at radius 3 is 2.83 bits per heavy atom. The minimum absolute atomic E-state index is 0.0325. The molecule has 2 rings (SSSR count).